The molecule has 1 atom stereocenters. The maximum Gasteiger partial charge on any atom is 0.252 e. The molecule has 2 aromatic heterocycles. The molecule has 0 aliphatic carbocycles. The summed E-state index contributed by atoms with van der Waals surface area (Å²) in [6.45, 7) is 2.06. The van der Waals surface area contributed by atoms with Crippen LogP contribution in [0.25, 0.3) is 11.4 Å². The van der Waals surface area contributed by atoms with E-state index in [4.69, 9.17) is 4.52 Å². The molecule has 0 bridgehead atoms. The third kappa shape index (κ3) is 4.27. The number of anilines is 1. The van der Waals surface area contributed by atoms with Gasteiger partial charge in [-0.1, -0.05) is 11.2 Å². The van der Waals surface area contributed by atoms with Crippen LogP contribution in [0.4, 0.5) is 10.1 Å². The number of nitrogens with zero attached hydrogens (tertiary/aromatic N) is 3. The minimum Gasteiger partial charge on any atom is -0.339 e. The maximum atomic E-state index is 13.3. The molecule has 1 aliphatic rings. The Morgan fingerprint density at radius 2 is 2.20 bits per heavy atom. The number of amides is 1. The summed E-state index contributed by atoms with van der Waals surface area (Å²) in [6, 6.07) is 7.12. The number of carbonyl (C=O) groups is 1. The number of sulfonamides is 1. The van der Waals surface area contributed by atoms with E-state index in [1.165, 1.54) is 28.6 Å². The molecule has 1 amide bonds. The second-order valence-corrected chi connectivity index (χ2v) is 10.1. The minimum absolute atomic E-state index is 0.0675. The van der Waals surface area contributed by atoms with E-state index in [-0.39, 0.29) is 16.7 Å². The van der Waals surface area contributed by atoms with Crippen LogP contribution in [0.15, 0.2) is 44.4 Å². The van der Waals surface area contributed by atoms with Crippen molar-refractivity contribution in [1.82, 2.24) is 14.4 Å². The predicted molar refractivity (Wildman–Crippen MR) is 109 cm³/mol. The zero-order valence-corrected chi connectivity index (χ0v) is 17.7. The molecule has 158 valence electrons. The number of hydrogen-bond donors (Lipinski definition) is 1. The molecular weight excluding hydrogens is 431 g/mol. The molecule has 11 heteroatoms. The monoisotopic (exact) mass is 450 g/mol. The van der Waals surface area contributed by atoms with E-state index < -0.39 is 21.8 Å². The van der Waals surface area contributed by atoms with Gasteiger partial charge < -0.3 is 9.84 Å². The first-order valence-corrected chi connectivity index (χ1v) is 11.6. The van der Waals surface area contributed by atoms with Crippen LogP contribution in [0.2, 0.25) is 0 Å². The van der Waals surface area contributed by atoms with Crippen LogP contribution in [0, 0.1) is 18.7 Å². The first kappa shape index (κ1) is 20.6. The van der Waals surface area contributed by atoms with Gasteiger partial charge in [-0.15, -0.1) is 11.3 Å². The minimum atomic E-state index is -3.76. The topological polar surface area (TPSA) is 105 Å². The Morgan fingerprint density at radius 1 is 1.37 bits per heavy atom. The maximum absolute atomic E-state index is 13.3. The average molecular weight is 451 g/mol. The summed E-state index contributed by atoms with van der Waals surface area (Å²) in [5.41, 5.74) is 0.908. The van der Waals surface area contributed by atoms with E-state index in [1.807, 2.05) is 0 Å². The van der Waals surface area contributed by atoms with E-state index in [1.54, 1.807) is 18.4 Å². The third-order valence-corrected chi connectivity index (χ3v) is 8.08. The fraction of sp³-hybridized carbons (Fsp3) is 0.316. The molecular formula is C19H19FN4O4S2. The highest BCUT2D eigenvalue weighted by molar-refractivity contribution is 7.91. The number of halogens is 1. The molecule has 1 unspecified atom stereocenters. The molecule has 1 fully saturated rings. The SMILES string of the molecule is Cc1nc(-c2csc(S(=O)(=O)N3CCCC(C(=O)Nc4cccc(F)c4)C3)c2)no1. The van der Waals surface area contributed by atoms with Crippen LogP contribution < -0.4 is 5.32 Å². The predicted octanol–water partition coefficient (Wildman–Crippen LogP) is 3.29. The van der Waals surface area contributed by atoms with Gasteiger partial charge in [-0.05, 0) is 37.1 Å². The second kappa shape index (κ2) is 8.25. The van der Waals surface area contributed by atoms with Gasteiger partial charge >= 0.3 is 0 Å². The number of piperidine rings is 1. The molecule has 4 rings (SSSR count). The van der Waals surface area contributed by atoms with Crippen molar-refractivity contribution in [3.63, 3.8) is 0 Å². The Labute approximate surface area is 176 Å². The van der Waals surface area contributed by atoms with E-state index in [9.17, 15) is 17.6 Å². The lowest BCUT2D eigenvalue weighted by Crippen LogP contribution is -2.43. The summed E-state index contributed by atoms with van der Waals surface area (Å²) in [7, 11) is -3.76. The molecule has 8 nitrogen and oxygen atoms in total. The number of nitrogens with one attached hydrogen (secondary N) is 1. The van der Waals surface area contributed by atoms with Gasteiger partial charge in [0.05, 0.1) is 5.92 Å². The van der Waals surface area contributed by atoms with Crippen molar-refractivity contribution in [2.75, 3.05) is 18.4 Å². The Morgan fingerprint density at radius 3 is 2.93 bits per heavy atom. The molecule has 1 N–H and O–H groups in total. The van der Waals surface area contributed by atoms with Gasteiger partial charge in [0.15, 0.2) is 0 Å². The van der Waals surface area contributed by atoms with Crippen LogP contribution in [0.3, 0.4) is 0 Å². The largest absolute Gasteiger partial charge is 0.339 e. The zero-order chi connectivity index (χ0) is 21.3. The van der Waals surface area contributed by atoms with Crippen molar-refractivity contribution in [2.45, 2.75) is 24.0 Å². The lowest BCUT2D eigenvalue weighted by atomic mass is 9.99. The third-order valence-electron chi connectivity index (χ3n) is 4.80. The van der Waals surface area contributed by atoms with Gasteiger partial charge in [-0.2, -0.15) is 9.29 Å². The Kier molecular flexibility index (Phi) is 5.67. The fourth-order valence-electron chi connectivity index (χ4n) is 3.30. The highest BCUT2D eigenvalue weighted by Gasteiger charge is 2.34. The lowest BCUT2D eigenvalue weighted by Gasteiger charge is -2.30. The average Bonchev–Trinajstić information content (AvgIpc) is 3.37. The number of thiophene rings is 1. The lowest BCUT2D eigenvalue weighted by molar-refractivity contribution is -0.120. The van der Waals surface area contributed by atoms with Gasteiger partial charge in [0, 0.05) is 36.6 Å². The first-order valence-electron chi connectivity index (χ1n) is 9.29. The van der Waals surface area contributed by atoms with E-state index >= 15 is 0 Å². The summed E-state index contributed by atoms with van der Waals surface area (Å²) in [4.78, 5) is 16.7. The normalized spacial score (nSPS) is 17.7. The summed E-state index contributed by atoms with van der Waals surface area (Å²) >= 11 is 1.07. The number of benzene rings is 1. The standard InChI is InChI=1S/C19H19FN4O4S2/c1-12-21-18(23-28-12)14-8-17(29-11-14)30(26,27)24-7-3-4-13(10-24)19(25)22-16-6-2-5-15(20)9-16/h2,5-6,8-9,11,13H,3-4,7,10H2,1H3,(H,22,25). The number of hydrogen-bond acceptors (Lipinski definition) is 7. The molecule has 1 aromatic carbocycles. The Bertz CT molecular complexity index is 1170. The molecule has 0 saturated carbocycles. The first-order chi connectivity index (χ1) is 14.3. The summed E-state index contributed by atoms with van der Waals surface area (Å²) in [5, 5.41) is 8.14. The quantitative estimate of drug-likeness (QED) is 0.640. The number of aryl methyl sites for hydroxylation is 1. The molecule has 3 aromatic rings. The van der Waals surface area contributed by atoms with Crippen molar-refractivity contribution in [1.29, 1.82) is 0 Å². The highest BCUT2D eigenvalue weighted by atomic mass is 32.2. The Hall–Kier alpha value is -2.63. The highest BCUT2D eigenvalue weighted by Crippen LogP contribution is 2.31. The van der Waals surface area contributed by atoms with Crippen LogP contribution in [-0.2, 0) is 14.8 Å². The van der Waals surface area contributed by atoms with Crippen LogP contribution in [0.5, 0.6) is 0 Å². The Balaban J connectivity index is 1.48. The number of rotatable bonds is 5. The van der Waals surface area contributed by atoms with Gasteiger partial charge in [0.1, 0.15) is 10.0 Å². The smallest absolute Gasteiger partial charge is 0.252 e. The summed E-state index contributed by atoms with van der Waals surface area (Å²) < 4.78 is 46.0. The fourth-order valence-corrected chi connectivity index (χ4v) is 6.13. The number of aromatic nitrogens is 2. The van der Waals surface area contributed by atoms with Crippen LogP contribution >= 0.6 is 11.3 Å². The van der Waals surface area contributed by atoms with Gasteiger partial charge in [0.2, 0.25) is 17.6 Å². The summed E-state index contributed by atoms with van der Waals surface area (Å²) in [6.07, 6.45) is 1.12. The molecule has 3 heterocycles. The van der Waals surface area contributed by atoms with E-state index in [0.29, 0.717) is 42.4 Å². The molecule has 0 spiro atoms. The van der Waals surface area contributed by atoms with Crippen molar-refractivity contribution in [3.8, 4) is 11.4 Å². The van der Waals surface area contributed by atoms with Crippen molar-refractivity contribution in [2.24, 2.45) is 5.92 Å². The van der Waals surface area contributed by atoms with E-state index in [2.05, 4.69) is 15.5 Å². The van der Waals surface area contributed by atoms with Crippen molar-refractivity contribution >= 4 is 33.0 Å². The summed E-state index contributed by atoms with van der Waals surface area (Å²) in [5.74, 6) is -0.573. The molecule has 0 radical (unpaired) electrons. The second-order valence-electron chi connectivity index (χ2n) is 6.99. The zero-order valence-electron chi connectivity index (χ0n) is 16.0. The molecule has 1 saturated heterocycles. The molecule has 30 heavy (non-hydrogen) atoms. The van der Waals surface area contributed by atoms with Gasteiger partial charge in [-0.3, -0.25) is 4.79 Å². The van der Waals surface area contributed by atoms with Crippen molar-refractivity contribution in [3.05, 3.63) is 47.4 Å². The molecule has 1 aliphatic heterocycles. The number of carbonyl (C=O) groups excluding carboxylic acids is 1. The van der Waals surface area contributed by atoms with E-state index in [0.717, 1.165) is 11.3 Å². The van der Waals surface area contributed by atoms with Gasteiger partial charge in [-0.25, -0.2) is 12.8 Å². The van der Waals surface area contributed by atoms with Crippen LogP contribution in [-0.4, -0.2) is 41.9 Å². The van der Waals surface area contributed by atoms with Gasteiger partial charge in [0.25, 0.3) is 10.0 Å². The van der Waals surface area contributed by atoms with Crippen molar-refractivity contribution < 1.29 is 22.1 Å². The van der Waals surface area contributed by atoms with Crippen LogP contribution in [0.1, 0.15) is 18.7 Å².